The van der Waals surface area contributed by atoms with E-state index in [-0.39, 0.29) is 0 Å². The molecule has 0 N–H and O–H groups in total. The molecule has 1 unspecified atom stereocenters. The molecule has 1 aliphatic carbocycles. The quantitative estimate of drug-likeness (QED) is 0.505. The molecule has 0 nitrogen and oxygen atoms in total. The SMILES string of the molecule is CCCCCC(CCC)C1=CC=CC1. The molecule has 0 radical (unpaired) electrons. The lowest BCUT2D eigenvalue weighted by Crippen LogP contribution is -2.03. The molecule has 80 valence electrons. The van der Waals surface area contributed by atoms with E-state index in [1.165, 1.54) is 44.9 Å². The fraction of sp³-hybridized carbons (Fsp3) is 0.714. The van der Waals surface area contributed by atoms with E-state index in [9.17, 15) is 0 Å². The van der Waals surface area contributed by atoms with Crippen molar-refractivity contribution in [3.8, 4) is 0 Å². The Kier molecular flexibility index (Phi) is 5.66. The lowest BCUT2D eigenvalue weighted by atomic mass is 9.88. The minimum atomic E-state index is 0.876. The normalized spacial score (nSPS) is 17.1. The zero-order valence-electron chi connectivity index (χ0n) is 9.76. The second-order valence-corrected chi connectivity index (χ2v) is 4.36. The molecule has 0 aromatic heterocycles. The molecule has 0 aliphatic heterocycles. The van der Waals surface area contributed by atoms with Gasteiger partial charge in [-0.3, -0.25) is 0 Å². The maximum Gasteiger partial charge on any atom is -0.0130 e. The van der Waals surface area contributed by atoms with Crippen LogP contribution in [0.25, 0.3) is 0 Å². The van der Waals surface area contributed by atoms with Crippen LogP contribution in [-0.2, 0) is 0 Å². The molecule has 0 bridgehead atoms. The first kappa shape index (κ1) is 11.6. The summed E-state index contributed by atoms with van der Waals surface area (Å²) in [7, 11) is 0. The topological polar surface area (TPSA) is 0 Å². The number of rotatable bonds is 7. The van der Waals surface area contributed by atoms with E-state index in [4.69, 9.17) is 0 Å². The van der Waals surface area contributed by atoms with Gasteiger partial charge in [-0.25, -0.2) is 0 Å². The van der Waals surface area contributed by atoms with E-state index < -0.39 is 0 Å². The first-order chi connectivity index (χ1) is 6.88. The average molecular weight is 192 g/mol. The monoisotopic (exact) mass is 192 g/mol. The Labute approximate surface area is 89.1 Å². The zero-order chi connectivity index (χ0) is 10.2. The second-order valence-electron chi connectivity index (χ2n) is 4.36. The fourth-order valence-electron chi connectivity index (χ4n) is 2.27. The molecule has 1 rings (SSSR count). The van der Waals surface area contributed by atoms with Crippen molar-refractivity contribution in [2.45, 2.75) is 58.8 Å². The largest absolute Gasteiger partial charge is 0.0805 e. The van der Waals surface area contributed by atoms with Gasteiger partial charge < -0.3 is 0 Å². The molecule has 0 fully saturated rings. The minimum Gasteiger partial charge on any atom is -0.0805 e. The Bertz CT molecular complexity index is 198. The highest BCUT2D eigenvalue weighted by molar-refractivity contribution is 5.24. The molecular weight excluding hydrogens is 168 g/mol. The van der Waals surface area contributed by atoms with E-state index in [1.54, 1.807) is 5.57 Å². The van der Waals surface area contributed by atoms with Crippen LogP contribution in [0.1, 0.15) is 58.8 Å². The summed E-state index contributed by atoms with van der Waals surface area (Å²) in [5.41, 5.74) is 1.68. The summed E-state index contributed by atoms with van der Waals surface area (Å²) in [5, 5.41) is 0. The summed E-state index contributed by atoms with van der Waals surface area (Å²) < 4.78 is 0. The molecule has 0 spiro atoms. The van der Waals surface area contributed by atoms with Gasteiger partial charge in [0.05, 0.1) is 0 Å². The molecule has 0 amide bonds. The van der Waals surface area contributed by atoms with Crippen molar-refractivity contribution in [2.75, 3.05) is 0 Å². The van der Waals surface area contributed by atoms with E-state index in [2.05, 4.69) is 32.1 Å². The molecular formula is C14H24. The van der Waals surface area contributed by atoms with Crippen LogP contribution in [0.5, 0.6) is 0 Å². The van der Waals surface area contributed by atoms with E-state index in [1.807, 2.05) is 0 Å². The van der Waals surface area contributed by atoms with Gasteiger partial charge in [0.15, 0.2) is 0 Å². The summed E-state index contributed by atoms with van der Waals surface area (Å²) in [6.07, 6.45) is 16.4. The predicted molar refractivity (Wildman–Crippen MR) is 64.4 cm³/mol. The first-order valence-electron chi connectivity index (χ1n) is 6.24. The van der Waals surface area contributed by atoms with Crippen molar-refractivity contribution in [1.82, 2.24) is 0 Å². The van der Waals surface area contributed by atoms with Crippen LogP contribution in [0.15, 0.2) is 23.8 Å². The Hall–Kier alpha value is -0.520. The average Bonchev–Trinajstić information content (AvgIpc) is 2.70. The van der Waals surface area contributed by atoms with Gasteiger partial charge in [-0.15, -0.1) is 0 Å². The molecule has 1 atom stereocenters. The zero-order valence-corrected chi connectivity index (χ0v) is 9.76. The summed E-state index contributed by atoms with van der Waals surface area (Å²) in [6, 6.07) is 0. The molecule has 1 aliphatic rings. The van der Waals surface area contributed by atoms with Crippen molar-refractivity contribution >= 4 is 0 Å². The van der Waals surface area contributed by atoms with Crippen LogP contribution in [0, 0.1) is 5.92 Å². The minimum absolute atomic E-state index is 0.876. The third-order valence-electron chi connectivity index (χ3n) is 3.12. The van der Waals surface area contributed by atoms with Crippen molar-refractivity contribution in [1.29, 1.82) is 0 Å². The third kappa shape index (κ3) is 3.69. The molecule has 0 aromatic rings. The van der Waals surface area contributed by atoms with Gasteiger partial charge in [-0.05, 0) is 25.2 Å². The van der Waals surface area contributed by atoms with Crippen molar-refractivity contribution in [3.63, 3.8) is 0 Å². The van der Waals surface area contributed by atoms with Crippen LogP contribution in [0.2, 0.25) is 0 Å². The number of hydrogen-bond donors (Lipinski definition) is 0. The standard InChI is InChI=1S/C14H24/c1-3-5-6-10-13(9-4-2)14-11-7-8-12-14/h7-8,11,13H,3-6,9-10,12H2,1-2H3. The molecule has 0 saturated heterocycles. The number of unbranched alkanes of at least 4 members (excludes halogenated alkanes) is 2. The maximum absolute atomic E-state index is 2.34. The summed E-state index contributed by atoms with van der Waals surface area (Å²) in [4.78, 5) is 0. The van der Waals surface area contributed by atoms with E-state index >= 15 is 0 Å². The van der Waals surface area contributed by atoms with Crippen molar-refractivity contribution < 1.29 is 0 Å². The summed E-state index contributed by atoms with van der Waals surface area (Å²) in [6.45, 7) is 4.58. The molecule has 0 saturated carbocycles. The summed E-state index contributed by atoms with van der Waals surface area (Å²) in [5.74, 6) is 0.876. The molecule has 14 heavy (non-hydrogen) atoms. The predicted octanol–water partition coefficient (Wildman–Crippen LogP) is 4.87. The molecule has 0 aromatic carbocycles. The van der Waals surface area contributed by atoms with Gasteiger partial charge in [0.1, 0.15) is 0 Å². The van der Waals surface area contributed by atoms with E-state index in [0.717, 1.165) is 5.92 Å². The van der Waals surface area contributed by atoms with Gasteiger partial charge in [-0.1, -0.05) is 63.3 Å². The highest BCUT2D eigenvalue weighted by atomic mass is 14.2. The van der Waals surface area contributed by atoms with Crippen LogP contribution in [-0.4, -0.2) is 0 Å². The lowest BCUT2D eigenvalue weighted by molar-refractivity contribution is 0.476. The van der Waals surface area contributed by atoms with Gasteiger partial charge in [-0.2, -0.15) is 0 Å². The van der Waals surface area contributed by atoms with Crippen LogP contribution in [0.3, 0.4) is 0 Å². The van der Waals surface area contributed by atoms with E-state index in [0.29, 0.717) is 0 Å². The van der Waals surface area contributed by atoms with Gasteiger partial charge in [0, 0.05) is 0 Å². The van der Waals surface area contributed by atoms with Crippen molar-refractivity contribution in [2.24, 2.45) is 5.92 Å². The number of hydrogen-bond acceptors (Lipinski definition) is 0. The van der Waals surface area contributed by atoms with Crippen LogP contribution < -0.4 is 0 Å². The Balaban J connectivity index is 2.31. The fourth-order valence-corrected chi connectivity index (χ4v) is 2.27. The first-order valence-corrected chi connectivity index (χ1v) is 6.24. The Morgan fingerprint density at radius 3 is 2.57 bits per heavy atom. The van der Waals surface area contributed by atoms with Crippen LogP contribution in [0.4, 0.5) is 0 Å². The highest BCUT2D eigenvalue weighted by Crippen LogP contribution is 2.28. The molecule has 0 heteroatoms. The number of allylic oxidation sites excluding steroid dienone is 4. The Morgan fingerprint density at radius 2 is 2.00 bits per heavy atom. The van der Waals surface area contributed by atoms with Crippen LogP contribution >= 0.6 is 0 Å². The highest BCUT2D eigenvalue weighted by Gasteiger charge is 2.13. The third-order valence-corrected chi connectivity index (χ3v) is 3.12. The Morgan fingerprint density at radius 1 is 1.14 bits per heavy atom. The van der Waals surface area contributed by atoms with Gasteiger partial charge in [0.2, 0.25) is 0 Å². The lowest BCUT2D eigenvalue weighted by Gasteiger charge is -2.17. The summed E-state index contributed by atoms with van der Waals surface area (Å²) >= 11 is 0. The smallest absolute Gasteiger partial charge is 0.0130 e. The molecule has 0 heterocycles. The maximum atomic E-state index is 2.34. The van der Waals surface area contributed by atoms with Crippen molar-refractivity contribution in [3.05, 3.63) is 23.8 Å². The second kappa shape index (κ2) is 6.86. The van der Waals surface area contributed by atoms with Gasteiger partial charge >= 0.3 is 0 Å². The van der Waals surface area contributed by atoms with Gasteiger partial charge in [0.25, 0.3) is 0 Å².